The van der Waals surface area contributed by atoms with E-state index in [-0.39, 0.29) is 17.3 Å². The van der Waals surface area contributed by atoms with E-state index < -0.39 is 28.5 Å². The van der Waals surface area contributed by atoms with E-state index in [1.807, 2.05) is 52.8 Å². The van der Waals surface area contributed by atoms with E-state index in [1.54, 1.807) is 55.6 Å². The van der Waals surface area contributed by atoms with Gasteiger partial charge in [-0.3, -0.25) is 13.9 Å². The summed E-state index contributed by atoms with van der Waals surface area (Å²) in [6.45, 7) is 9.64. The van der Waals surface area contributed by atoms with E-state index in [0.717, 1.165) is 33.0 Å². The first-order valence-electron chi connectivity index (χ1n) is 13.9. The SMILES string of the molecule is CCCNC(=O)[C@@H](CC)N(Cc1cccc(OC)c1)C(=O)CN(c1ccc(C)c(C)c1)S(=O)(=O)c1ccc(C)cc1. The number of carbonyl (C=O) groups is 2. The summed E-state index contributed by atoms with van der Waals surface area (Å²) >= 11 is 0. The van der Waals surface area contributed by atoms with Gasteiger partial charge in [-0.25, -0.2) is 8.42 Å². The minimum Gasteiger partial charge on any atom is -0.497 e. The molecule has 3 aromatic carbocycles. The third kappa shape index (κ3) is 7.88. The van der Waals surface area contributed by atoms with Gasteiger partial charge in [0, 0.05) is 13.1 Å². The van der Waals surface area contributed by atoms with Crippen LogP contribution in [-0.2, 0) is 26.2 Å². The van der Waals surface area contributed by atoms with Crippen molar-refractivity contribution in [2.45, 2.75) is 64.9 Å². The van der Waals surface area contributed by atoms with Gasteiger partial charge in [-0.15, -0.1) is 0 Å². The van der Waals surface area contributed by atoms with Crippen LogP contribution in [0.4, 0.5) is 5.69 Å². The second-order valence-electron chi connectivity index (χ2n) is 10.2. The summed E-state index contributed by atoms with van der Waals surface area (Å²) in [6, 6.07) is 18.4. The van der Waals surface area contributed by atoms with Crippen LogP contribution in [0.15, 0.2) is 71.6 Å². The first-order valence-corrected chi connectivity index (χ1v) is 15.3. The summed E-state index contributed by atoms with van der Waals surface area (Å²) in [5.41, 5.74) is 3.97. The topological polar surface area (TPSA) is 96.0 Å². The number of aryl methyl sites for hydroxylation is 3. The lowest BCUT2D eigenvalue weighted by molar-refractivity contribution is -0.140. The van der Waals surface area contributed by atoms with Crippen LogP contribution in [0.1, 0.15) is 48.9 Å². The maximum absolute atomic E-state index is 14.2. The smallest absolute Gasteiger partial charge is 0.264 e. The first kappa shape index (κ1) is 31.7. The van der Waals surface area contributed by atoms with Crippen molar-refractivity contribution in [3.8, 4) is 5.75 Å². The molecule has 0 radical (unpaired) electrons. The molecule has 0 unspecified atom stereocenters. The molecule has 0 aliphatic heterocycles. The maximum atomic E-state index is 14.2. The van der Waals surface area contributed by atoms with Crippen molar-refractivity contribution in [1.29, 1.82) is 0 Å². The molecule has 0 saturated carbocycles. The van der Waals surface area contributed by atoms with Gasteiger partial charge in [-0.2, -0.15) is 0 Å². The van der Waals surface area contributed by atoms with Crippen LogP contribution in [0.25, 0.3) is 0 Å². The largest absolute Gasteiger partial charge is 0.497 e. The molecule has 1 N–H and O–H groups in total. The monoisotopic (exact) mass is 579 g/mol. The van der Waals surface area contributed by atoms with Gasteiger partial charge in [0.05, 0.1) is 17.7 Å². The molecule has 41 heavy (non-hydrogen) atoms. The maximum Gasteiger partial charge on any atom is 0.264 e. The molecule has 0 spiro atoms. The van der Waals surface area contributed by atoms with E-state index >= 15 is 0 Å². The average molecular weight is 580 g/mol. The third-order valence-electron chi connectivity index (χ3n) is 7.09. The second-order valence-corrected chi connectivity index (χ2v) is 12.0. The lowest BCUT2D eigenvalue weighted by Gasteiger charge is -2.33. The zero-order valence-corrected chi connectivity index (χ0v) is 25.6. The molecule has 0 aliphatic rings. The van der Waals surface area contributed by atoms with E-state index in [2.05, 4.69) is 5.32 Å². The van der Waals surface area contributed by atoms with Crippen LogP contribution in [0.2, 0.25) is 0 Å². The van der Waals surface area contributed by atoms with Gasteiger partial charge in [0.25, 0.3) is 10.0 Å². The zero-order chi connectivity index (χ0) is 30.2. The molecule has 0 bridgehead atoms. The lowest BCUT2D eigenvalue weighted by atomic mass is 10.1. The van der Waals surface area contributed by atoms with Gasteiger partial charge < -0.3 is 15.0 Å². The zero-order valence-electron chi connectivity index (χ0n) is 24.8. The number of anilines is 1. The molecule has 220 valence electrons. The Bertz CT molecular complexity index is 1450. The Morgan fingerprint density at radius 3 is 2.24 bits per heavy atom. The van der Waals surface area contributed by atoms with E-state index in [1.165, 1.54) is 4.90 Å². The molecule has 1 atom stereocenters. The Morgan fingerprint density at radius 2 is 1.63 bits per heavy atom. The number of ether oxygens (including phenoxy) is 1. The quantitative estimate of drug-likeness (QED) is 0.302. The number of nitrogens with one attached hydrogen (secondary N) is 1. The van der Waals surface area contributed by atoms with Crippen molar-refractivity contribution in [3.05, 3.63) is 89.0 Å². The first-order chi connectivity index (χ1) is 19.5. The Kier molecular flexibility index (Phi) is 10.9. The highest BCUT2D eigenvalue weighted by Crippen LogP contribution is 2.27. The fourth-order valence-electron chi connectivity index (χ4n) is 4.50. The van der Waals surface area contributed by atoms with Crippen LogP contribution < -0.4 is 14.4 Å². The summed E-state index contributed by atoms with van der Waals surface area (Å²) in [5, 5.41) is 2.90. The molecule has 3 rings (SSSR count). The molecule has 0 saturated heterocycles. The highest BCUT2D eigenvalue weighted by atomic mass is 32.2. The minimum atomic E-state index is -4.11. The summed E-state index contributed by atoms with van der Waals surface area (Å²) in [7, 11) is -2.55. The Balaban J connectivity index is 2.08. The number of rotatable bonds is 13. The molecular formula is C32H41N3O5S. The van der Waals surface area contributed by atoms with Crippen molar-refractivity contribution in [1.82, 2.24) is 10.2 Å². The Labute approximate surface area is 244 Å². The number of benzene rings is 3. The van der Waals surface area contributed by atoms with Crippen molar-refractivity contribution in [2.24, 2.45) is 0 Å². The summed E-state index contributed by atoms with van der Waals surface area (Å²) in [6.07, 6.45) is 1.11. The van der Waals surface area contributed by atoms with Gasteiger partial charge in [0.2, 0.25) is 11.8 Å². The van der Waals surface area contributed by atoms with Crippen molar-refractivity contribution in [3.63, 3.8) is 0 Å². The molecule has 0 heterocycles. The van der Waals surface area contributed by atoms with Crippen molar-refractivity contribution >= 4 is 27.5 Å². The molecule has 9 heteroatoms. The summed E-state index contributed by atoms with van der Waals surface area (Å²) in [4.78, 5) is 28.9. The van der Waals surface area contributed by atoms with Gasteiger partial charge in [0.1, 0.15) is 18.3 Å². The van der Waals surface area contributed by atoms with E-state index in [4.69, 9.17) is 4.74 Å². The number of amides is 2. The lowest BCUT2D eigenvalue weighted by Crippen LogP contribution is -2.52. The number of methoxy groups -OCH3 is 1. The van der Waals surface area contributed by atoms with Crippen LogP contribution in [0.5, 0.6) is 5.75 Å². The summed E-state index contributed by atoms with van der Waals surface area (Å²) in [5.74, 6) is -0.137. The van der Waals surface area contributed by atoms with Crippen LogP contribution in [0.3, 0.4) is 0 Å². The van der Waals surface area contributed by atoms with Gasteiger partial charge in [-0.05, 0) is 86.7 Å². The molecule has 0 aromatic heterocycles. The third-order valence-corrected chi connectivity index (χ3v) is 8.88. The predicted molar refractivity (Wildman–Crippen MR) is 163 cm³/mol. The van der Waals surface area contributed by atoms with Crippen LogP contribution in [0, 0.1) is 20.8 Å². The van der Waals surface area contributed by atoms with Crippen molar-refractivity contribution in [2.75, 3.05) is 24.5 Å². The molecular weight excluding hydrogens is 538 g/mol. The second kappa shape index (κ2) is 14.2. The molecule has 3 aromatic rings. The highest BCUT2D eigenvalue weighted by molar-refractivity contribution is 7.92. The van der Waals surface area contributed by atoms with E-state index in [0.29, 0.717) is 24.4 Å². The fraction of sp³-hybridized carbons (Fsp3) is 0.375. The molecule has 0 aliphatic carbocycles. The fourth-order valence-corrected chi connectivity index (χ4v) is 5.91. The molecule has 2 amide bonds. The number of sulfonamides is 1. The number of nitrogens with zero attached hydrogens (tertiary/aromatic N) is 2. The minimum absolute atomic E-state index is 0.0844. The molecule has 0 fully saturated rings. The van der Waals surface area contributed by atoms with Crippen LogP contribution >= 0.6 is 0 Å². The predicted octanol–water partition coefficient (Wildman–Crippen LogP) is 5.15. The highest BCUT2D eigenvalue weighted by Gasteiger charge is 2.33. The standard InChI is InChI=1S/C32H41N3O5S/c1-7-18-33-32(37)30(8-2)34(21-26-10-9-11-28(20-26)40-6)31(36)22-35(27-15-14-24(4)25(5)19-27)41(38,39)29-16-12-23(3)13-17-29/h9-17,19-20,30H,7-8,18,21-22H2,1-6H3,(H,33,37)/t30-/m1/s1. The number of hydrogen-bond acceptors (Lipinski definition) is 5. The Hall–Kier alpha value is -3.85. The Morgan fingerprint density at radius 1 is 0.927 bits per heavy atom. The van der Waals surface area contributed by atoms with E-state index in [9.17, 15) is 18.0 Å². The van der Waals surface area contributed by atoms with Gasteiger partial charge >= 0.3 is 0 Å². The summed E-state index contributed by atoms with van der Waals surface area (Å²) < 4.78 is 34.5. The average Bonchev–Trinajstić information content (AvgIpc) is 2.96. The number of carbonyl (C=O) groups excluding carboxylic acids is 2. The van der Waals surface area contributed by atoms with Gasteiger partial charge in [-0.1, -0.05) is 49.7 Å². The van der Waals surface area contributed by atoms with Crippen LogP contribution in [-0.4, -0.2) is 51.4 Å². The van der Waals surface area contributed by atoms with Crippen molar-refractivity contribution < 1.29 is 22.7 Å². The number of hydrogen-bond donors (Lipinski definition) is 1. The van der Waals surface area contributed by atoms with Gasteiger partial charge in [0.15, 0.2) is 0 Å². The molecule has 8 nitrogen and oxygen atoms in total. The normalized spacial score (nSPS) is 12.0.